The molecule has 0 aromatic heterocycles. The Balaban J connectivity index is 3.74. The molecule has 0 aliphatic heterocycles. The summed E-state index contributed by atoms with van der Waals surface area (Å²) in [7, 11) is 1.71. The third-order valence-electron chi connectivity index (χ3n) is 2.08. The van der Waals surface area contributed by atoms with Crippen molar-refractivity contribution in [2.45, 2.75) is 27.2 Å². The average Bonchev–Trinajstić information content (AvgIpc) is 2.22. The van der Waals surface area contributed by atoms with E-state index in [4.69, 9.17) is 4.74 Å². The second kappa shape index (κ2) is 7.96. The normalized spacial score (nSPS) is 10.1. The molecule has 0 heterocycles. The summed E-state index contributed by atoms with van der Waals surface area (Å²) in [6, 6.07) is -0.242. The molecule has 16 heavy (non-hydrogen) atoms. The van der Waals surface area contributed by atoms with Crippen molar-refractivity contribution in [3.05, 3.63) is 0 Å². The molecule has 0 bridgehead atoms. The number of ether oxygens (including phenoxy) is 1. The largest absolute Gasteiger partial charge is 0.465 e. The number of esters is 1. The number of carbonyl (C=O) groups is 2. The first kappa shape index (κ1) is 14.7. The van der Waals surface area contributed by atoms with Crippen molar-refractivity contribution in [1.82, 2.24) is 10.2 Å². The monoisotopic (exact) mass is 230 g/mol. The second-order valence-electron chi connectivity index (χ2n) is 4.07. The third-order valence-corrected chi connectivity index (χ3v) is 2.08. The lowest BCUT2D eigenvalue weighted by Crippen LogP contribution is -2.40. The van der Waals surface area contributed by atoms with Crippen LogP contribution in [0.3, 0.4) is 0 Å². The number of rotatable bonds is 6. The summed E-state index contributed by atoms with van der Waals surface area (Å²) in [6.07, 6.45) is 0.948. The second-order valence-corrected chi connectivity index (χ2v) is 4.07. The maximum atomic E-state index is 11.5. The Bertz CT molecular complexity index is 229. The molecule has 0 saturated carbocycles. The van der Waals surface area contributed by atoms with Gasteiger partial charge in [-0.25, -0.2) is 4.79 Å². The van der Waals surface area contributed by atoms with Gasteiger partial charge in [-0.3, -0.25) is 4.79 Å². The number of carbonyl (C=O) groups excluding carboxylic acids is 2. The summed E-state index contributed by atoms with van der Waals surface area (Å²) in [5, 5.41) is 2.50. The van der Waals surface area contributed by atoms with E-state index < -0.39 is 5.97 Å². The quantitative estimate of drug-likeness (QED) is 0.698. The molecular formula is C11H22N2O3. The number of urea groups is 1. The number of amides is 2. The first-order chi connectivity index (χ1) is 7.47. The van der Waals surface area contributed by atoms with E-state index in [-0.39, 0.29) is 12.6 Å². The molecule has 0 saturated heterocycles. The van der Waals surface area contributed by atoms with Crippen LogP contribution in [0.1, 0.15) is 27.2 Å². The van der Waals surface area contributed by atoms with Crippen LogP contribution in [-0.4, -0.2) is 43.6 Å². The highest BCUT2D eigenvalue weighted by molar-refractivity contribution is 5.80. The molecule has 0 rings (SSSR count). The Hall–Kier alpha value is -1.26. The number of nitrogens with one attached hydrogen (secondary N) is 1. The van der Waals surface area contributed by atoms with Crippen LogP contribution in [0.25, 0.3) is 0 Å². The fourth-order valence-electron chi connectivity index (χ4n) is 1.05. The fraction of sp³-hybridized carbons (Fsp3) is 0.818. The predicted octanol–water partition coefficient (Wildman–Crippen LogP) is 1.24. The highest BCUT2D eigenvalue weighted by Gasteiger charge is 2.10. The molecule has 5 nitrogen and oxygen atoms in total. The minimum absolute atomic E-state index is 0.0707. The van der Waals surface area contributed by atoms with Gasteiger partial charge < -0.3 is 15.0 Å². The van der Waals surface area contributed by atoms with Crippen molar-refractivity contribution in [3.8, 4) is 0 Å². The van der Waals surface area contributed by atoms with Gasteiger partial charge in [0.2, 0.25) is 0 Å². The zero-order valence-electron chi connectivity index (χ0n) is 10.6. The molecule has 0 fully saturated rings. The van der Waals surface area contributed by atoms with Gasteiger partial charge in [0, 0.05) is 13.6 Å². The maximum Gasteiger partial charge on any atom is 0.325 e. The third kappa shape index (κ3) is 7.09. The topological polar surface area (TPSA) is 58.6 Å². The predicted molar refractivity (Wildman–Crippen MR) is 62.1 cm³/mol. The van der Waals surface area contributed by atoms with Gasteiger partial charge in [0.1, 0.15) is 6.54 Å². The van der Waals surface area contributed by atoms with Gasteiger partial charge in [0.25, 0.3) is 0 Å². The van der Waals surface area contributed by atoms with Crippen LogP contribution in [0.15, 0.2) is 0 Å². The van der Waals surface area contributed by atoms with Gasteiger partial charge in [-0.05, 0) is 19.3 Å². The summed E-state index contributed by atoms with van der Waals surface area (Å²) in [5.41, 5.74) is 0. The fourth-order valence-corrected chi connectivity index (χ4v) is 1.05. The first-order valence-electron chi connectivity index (χ1n) is 5.62. The van der Waals surface area contributed by atoms with Crippen LogP contribution in [0.5, 0.6) is 0 Å². The molecule has 0 aliphatic rings. The highest BCUT2D eigenvalue weighted by Crippen LogP contribution is 2.00. The summed E-state index contributed by atoms with van der Waals surface area (Å²) < 4.78 is 4.70. The van der Waals surface area contributed by atoms with E-state index in [0.717, 1.165) is 6.42 Å². The lowest BCUT2D eigenvalue weighted by molar-refractivity contribution is -0.141. The molecule has 2 amide bonds. The van der Waals surface area contributed by atoms with E-state index >= 15 is 0 Å². The molecule has 5 heteroatoms. The minimum atomic E-state index is -0.409. The zero-order chi connectivity index (χ0) is 12.6. The van der Waals surface area contributed by atoms with E-state index in [1.165, 1.54) is 0 Å². The van der Waals surface area contributed by atoms with E-state index in [1.807, 2.05) is 0 Å². The van der Waals surface area contributed by atoms with Crippen molar-refractivity contribution in [2.24, 2.45) is 5.92 Å². The molecule has 0 aliphatic carbocycles. The molecular weight excluding hydrogens is 208 g/mol. The van der Waals surface area contributed by atoms with E-state index in [2.05, 4.69) is 19.2 Å². The summed E-state index contributed by atoms with van der Waals surface area (Å²) in [5.74, 6) is 0.147. The standard InChI is InChI=1S/C11H22N2O3/c1-5-16-10(14)8-12-11(15)13(4)7-6-9(2)3/h9H,5-8H2,1-4H3,(H,12,15). The smallest absolute Gasteiger partial charge is 0.325 e. The lowest BCUT2D eigenvalue weighted by Gasteiger charge is -2.18. The SMILES string of the molecule is CCOC(=O)CNC(=O)N(C)CCC(C)C. The van der Waals surface area contributed by atoms with Crippen LogP contribution in [0.4, 0.5) is 4.79 Å². The van der Waals surface area contributed by atoms with Gasteiger partial charge in [0.05, 0.1) is 6.61 Å². The first-order valence-corrected chi connectivity index (χ1v) is 5.62. The van der Waals surface area contributed by atoms with Gasteiger partial charge >= 0.3 is 12.0 Å². The van der Waals surface area contributed by atoms with E-state index in [1.54, 1.807) is 18.9 Å². The zero-order valence-corrected chi connectivity index (χ0v) is 10.6. The summed E-state index contributed by atoms with van der Waals surface area (Å²) in [6.45, 7) is 6.88. The molecule has 0 atom stereocenters. The van der Waals surface area contributed by atoms with Gasteiger partial charge in [-0.15, -0.1) is 0 Å². The van der Waals surface area contributed by atoms with Gasteiger partial charge in [-0.1, -0.05) is 13.8 Å². The molecule has 0 radical (unpaired) electrons. The molecule has 1 N–H and O–H groups in total. The number of hydrogen-bond acceptors (Lipinski definition) is 3. The summed E-state index contributed by atoms with van der Waals surface area (Å²) >= 11 is 0. The van der Waals surface area contributed by atoms with Crippen LogP contribution < -0.4 is 5.32 Å². The van der Waals surface area contributed by atoms with Crippen molar-refractivity contribution >= 4 is 12.0 Å². The van der Waals surface area contributed by atoms with E-state index in [0.29, 0.717) is 19.1 Å². The van der Waals surface area contributed by atoms with Crippen LogP contribution >= 0.6 is 0 Å². The minimum Gasteiger partial charge on any atom is -0.465 e. The van der Waals surface area contributed by atoms with Crippen molar-refractivity contribution in [1.29, 1.82) is 0 Å². The van der Waals surface area contributed by atoms with Crippen molar-refractivity contribution < 1.29 is 14.3 Å². The Kier molecular flexibility index (Phi) is 7.33. The Morgan fingerprint density at radius 3 is 2.50 bits per heavy atom. The Labute approximate surface area is 97.1 Å². The molecule has 0 aromatic rings. The van der Waals surface area contributed by atoms with Gasteiger partial charge in [-0.2, -0.15) is 0 Å². The summed E-state index contributed by atoms with van der Waals surface area (Å²) in [4.78, 5) is 24.0. The molecule has 0 spiro atoms. The van der Waals surface area contributed by atoms with Gasteiger partial charge in [0.15, 0.2) is 0 Å². The molecule has 0 unspecified atom stereocenters. The van der Waals surface area contributed by atoms with Crippen LogP contribution in [-0.2, 0) is 9.53 Å². The lowest BCUT2D eigenvalue weighted by atomic mass is 10.1. The molecule has 0 aromatic carbocycles. The van der Waals surface area contributed by atoms with Crippen LogP contribution in [0.2, 0.25) is 0 Å². The Morgan fingerprint density at radius 1 is 1.38 bits per heavy atom. The Morgan fingerprint density at radius 2 is 2.00 bits per heavy atom. The van der Waals surface area contributed by atoms with Crippen molar-refractivity contribution in [2.75, 3.05) is 26.7 Å². The average molecular weight is 230 g/mol. The highest BCUT2D eigenvalue weighted by atomic mass is 16.5. The molecule has 94 valence electrons. The van der Waals surface area contributed by atoms with E-state index in [9.17, 15) is 9.59 Å². The van der Waals surface area contributed by atoms with Crippen molar-refractivity contribution in [3.63, 3.8) is 0 Å². The maximum absolute atomic E-state index is 11.5. The van der Waals surface area contributed by atoms with Crippen LogP contribution in [0, 0.1) is 5.92 Å². The number of nitrogens with zero attached hydrogens (tertiary/aromatic N) is 1. The number of hydrogen-bond donors (Lipinski definition) is 1.